The lowest BCUT2D eigenvalue weighted by molar-refractivity contribution is -0.384. The molecule has 1 unspecified atom stereocenters. The number of nitro groups is 1. The van der Waals surface area contributed by atoms with Gasteiger partial charge in [0.05, 0.1) is 33.6 Å². The zero-order valence-electron chi connectivity index (χ0n) is 13.5. The lowest BCUT2D eigenvalue weighted by Gasteiger charge is -2.28. The highest BCUT2D eigenvalue weighted by molar-refractivity contribution is 7.91. The molecule has 2 heterocycles. The monoisotopic (exact) mass is 414 g/mol. The molecule has 0 bridgehead atoms. The Morgan fingerprint density at radius 1 is 1.38 bits per heavy atom. The fourth-order valence-corrected chi connectivity index (χ4v) is 5.54. The molecule has 1 fully saturated rings. The third-order valence-corrected chi connectivity index (χ3v) is 7.15. The van der Waals surface area contributed by atoms with Gasteiger partial charge in [-0.15, -0.1) is 11.3 Å². The van der Waals surface area contributed by atoms with E-state index in [0.29, 0.717) is 6.42 Å². The zero-order chi connectivity index (χ0) is 18.9. The molecule has 10 heteroatoms. The molecule has 138 valence electrons. The Bertz CT molecular complexity index is 944. The van der Waals surface area contributed by atoms with E-state index in [1.165, 1.54) is 28.4 Å². The number of thiophene rings is 1. The second kappa shape index (κ2) is 7.34. The number of non-ortho nitro benzene ring substituents is 1. The first kappa shape index (κ1) is 18.8. The van der Waals surface area contributed by atoms with Crippen LogP contribution in [-0.4, -0.2) is 41.7 Å². The van der Waals surface area contributed by atoms with Crippen molar-refractivity contribution in [2.24, 2.45) is 0 Å². The predicted molar refractivity (Wildman–Crippen MR) is 99.4 cm³/mol. The van der Waals surface area contributed by atoms with Gasteiger partial charge >= 0.3 is 0 Å². The van der Waals surface area contributed by atoms with Crippen LogP contribution in [0.2, 0.25) is 5.02 Å². The van der Waals surface area contributed by atoms with Gasteiger partial charge in [0.2, 0.25) is 0 Å². The molecule has 0 spiro atoms. The van der Waals surface area contributed by atoms with Crippen LogP contribution in [0.25, 0.3) is 0 Å². The Hall–Kier alpha value is -1.97. The van der Waals surface area contributed by atoms with Crippen molar-refractivity contribution in [1.82, 2.24) is 4.90 Å². The molecule has 1 aliphatic heterocycles. The molecule has 1 saturated heterocycles. The van der Waals surface area contributed by atoms with Crippen molar-refractivity contribution in [2.45, 2.75) is 19.0 Å². The number of nitro benzene ring substituents is 1. The van der Waals surface area contributed by atoms with Crippen molar-refractivity contribution in [1.29, 1.82) is 0 Å². The van der Waals surface area contributed by atoms with E-state index in [0.717, 1.165) is 10.9 Å². The molecule has 2 aromatic rings. The maximum atomic E-state index is 13.1. The summed E-state index contributed by atoms with van der Waals surface area (Å²) < 4.78 is 23.7. The Morgan fingerprint density at radius 2 is 2.15 bits per heavy atom. The van der Waals surface area contributed by atoms with Crippen LogP contribution in [0.3, 0.4) is 0 Å². The molecule has 3 rings (SSSR count). The molecule has 1 aromatic heterocycles. The summed E-state index contributed by atoms with van der Waals surface area (Å²) in [6, 6.07) is 6.88. The van der Waals surface area contributed by atoms with Crippen molar-refractivity contribution >= 4 is 44.4 Å². The van der Waals surface area contributed by atoms with Crippen molar-refractivity contribution < 1.29 is 18.1 Å². The van der Waals surface area contributed by atoms with E-state index in [-0.39, 0.29) is 34.3 Å². The topological polar surface area (TPSA) is 97.6 Å². The molecule has 1 aromatic carbocycles. The van der Waals surface area contributed by atoms with Crippen LogP contribution in [0, 0.1) is 10.1 Å². The summed E-state index contributed by atoms with van der Waals surface area (Å²) in [6.45, 7) is 0.232. The predicted octanol–water partition coefficient (Wildman–Crippen LogP) is 3.14. The third-order valence-electron chi connectivity index (χ3n) is 4.21. The van der Waals surface area contributed by atoms with E-state index in [2.05, 4.69) is 0 Å². The highest BCUT2D eigenvalue weighted by Crippen LogP contribution is 2.28. The van der Waals surface area contributed by atoms with Gasteiger partial charge in [-0.2, -0.15) is 0 Å². The molecule has 0 saturated carbocycles. The average molecular weight is 415 g/mol. The minimum absolute atomic E-state index is 0.00159. The molecular weight excluding hydrogens is 400 g/mol. The van der Waals surface area contributed by atoms with Crippen LogP contribution in [0.5, 0.6) is 0 Å². The molecular formula is C16H15ClN2O5S2. The van der Waals surface area contributed by atoms with Gasteiger partial charge < -0.3 is 4.90 Å². The van der Waals surface area contributed by atoms with Gasteiger partial charge in [0.15, 0.2) is 9.84 Å². The number of rotatable bonds is 5. The minimum Gasteiger partial charge on any atom is -0.329 e. The van der Waals surface area contributed by atoms with Gasteiger partial charge in [-0.1, -0.05) is 17.7 Å². The van der Waals surface area contributed by atoms with Crippen molar-refractivity contribution in [2.75, 3.05) is 11.5 Å². The number of carbonyl (C=O) groups is 1. The number of sulfone groups is 1. The Morgan fingerprint density at radius 3 is 2.73 bits per heavy atom. The molecule has 1 aliphatic rings. The average Bonchev–Trinajstić information content (AvgIpc) is 3.21. The SMILES string of the molecule is O=C(c1cc([N+](=O)[O-])ccc1Cl)N(Cc1cccs1)C1CCS(=O)(=O)C1. The van der Waals surface area contributed by atoms with Crippen molar-refractivity contribution in [3.05, 3.63) is 61.3 Å². The lowest BCUT2D eigenvalue weighted by atomic mass is 10.1. The molecule has 0 radical (unpaired) electrons. The normalized spacial score (nSPS) is 18.6. The van der Waals surface area contributed by atoms with Crippen LogP contribution in [0.15, 0.2) is 35.7 Å². The number of benzene rings is 1. The van der Waals surface area contributed by atoms with Crippen LogP contribution < -0.4 is 0 Å². The van der Waals surface area contributed by atoms with E-state index in [1.807, 2.05) is 17.5 Å². The minimum atomic E-state index is -3.20. The molecule has 7 nitrogen and oxygen atoms in total. The van der Waals surface area contributed by atoms with Gasteiger partial charge in [0.1, 0.15) is 0 Å². The fraction of sp³-hybridized carbons (Fsp3) is 0.312. The first-order chi connectivity index (χ1) is 12.3. The summed E-state index contributed by atoms with van der Waals surface area (Å²) in [5.74, 6) is -0.597. The van der Waals surface area contributed by atoms with Gasteiger partial charge in [0.25, 0.3) is 11.6 Å². The van der Waals surface area contributed by atoms with Crippen molar-refractivity contribution in [3.63, 3.8) is 0 Å². The highest BCUT2D eigenvalue weighted by Gasteiger charge is 2.36. The molecule has 1 atom stereocenters. The zero-order valence-corrected chi connectivity index (χ0v) is 15.9. The fourth-order valence-electron chi connectivity index (χ4n) is 2.90. The summed E-state index contributed by atoms with van der Waals surface area (Å²) in [5.41, 5.74) is -0.241. The molecule has 0 N–H and O–H groups in total. The number of amides is 1. The third kappa shape index (κ3) is 4.05. The second-order valence-electron chi connectivity index (χ2n) is 5.99. The van der Waals surface area contributed by atoms with Crippen LogP contribution in [-0.2, 0) is 16.4 Å². The van der Waals surface area contributed by atoms with Crippen LogP contribution in [0.4, 0.5) is 5.69 Å². The van der Waals surface area contributed by atoms with E-state index in [9.17, 15) is 23.3 Å². The first-order valence-electron chi connectivity index (χ1n) is 7.74. The summed E-state index contributed by atoms with van der Waals surface area (Å²) in [7, 11) is -3.20. The number of halogens is 1. The Balaban J connectivity index is 1.97. The molecule has 0 aliphatic carbocycles. The highest BCUT2D eigenvalue weighted by atomic mass is 35.5. The number of carbonyl (C=O) groups excluding carboxylic acids is 1. The standard InChI is InChI=1S/C16H15ClN2O5S2/c17-15-4-3-11(19(21)22)8-14(15)16(20)18(9-13-2-1-6-25-13)12-5-7-26(23,24)10-12/h1-4,6,8,12H,5,7,9-10H2. The van der Waals surface area contributed by atoms with E-state index >= 15 is 0 Å². The smallest absolute Gasteiger partial charge is 0.270 e. The van der Waals surface area contributed by atoms with Crippen LogP contribution in [0.1, 0.15) is 21.7 Å². The number of nitrogens with zero attached hydrogens (tertiary/aromatic N) is 2. The Labute approximate surface area is 159 Å². The quantitative estimate of drug-likeness (QED) is 0.553. The van der Waals surface area contributed by atoms with Gasteiger partial charge in [-0.3, -0.25) is 14.9 Å². The number of hydrogen-bond acceptors (Lipinski definition) is 6. The first-order valence-corrected chi connectivity index (χ1v) is 10.8. The summed E-state index contributed by atoms with van der Waals surface area (Å²) in [5, 5.41) is 13.0. The molecule has 1 amide bonds. The maximum Gasteiger partial charge on any atom is 0.270 e. The largest absolute Gasteiger partial charge is 0.329 e. The summed E-state index contributed by atoms with van der Waals surface area (Å²) >= 11 is 7.55. The summed E-state index contributed by atoms with van der Waals surface area (Å²) in [4.78, 5) is 25.9. The Kier molecular flexibility index (Phi) is 5.31. The van der Waals surface area contributed by atoms with E-state index in [4.69, 9.17) is 11.6 Å². The maximum absolute atomic E-state index is 13.1. The number of hydrogen-bond donors (Lipinski definition) is 0. The second-order valence-corrected chi connectivity index (χ2v) is 9.66. The van der Waals surface area contributed by atoms with Crippen molar-refractivity contribution in [3.8, 4) is 0 Å². The van der Waals surface area contributed by atoms with E-state index < -0.39 is 26.7 Å². The summed E-state index contributed by atoms with van der Waals surface area (Å²) in [6.07, 6.45) is 0.339. The van der Waals surface area contributed by atoms with Crippen LogP contribution >= 0.6 is 22.9 Å². The lowest BCUT2D eigenvalue weighted by Crippen LogP contribution is -2.40. The van der Waals surface area contributed by atoms with Gasteiger partial charge in [0, 0.05) is 23.1 Å². The van der Waals surface area contributed by atoms with E-state index in [1.54, 1.807) is 0 Å². The van der Waals surface area contributed by atoms with Gasteiger partial charge in [-0.05, 0) is 23.9 Å². The molecule has 26 heavy (non-hydrogen) atoms. The van der Waals surface area contributed by atoms with Gasteiger partial charge in [-0.25, -0.2) is 8.42 Å².